The van der Waals surface area contributed by atoms with Gasteiger partial charge in [0.1, 0.15) is 17.8 Å². The van der Waals surface area contributed by atoms with Gasteiger partial charge in [-0.2, -0.15) is 0 Å². The first kappa shape index (κ1) is 15.3. The van der Waals surface area contributed by atoms with Gasteiger partial charge < -0.3 is 10.2 Å². The van der Waals surface area contributed by atoms with Crippen molar-refractivity contribution in [2.75, 3.05) is 18.4 Å². The van der Waals surface area contributed by atoms with E-state index in [1.165, 1.54) is 0 Å². The van der Waals surface area contributed by atoms with Gasteiger partial charge in [-0.15, -0.1) is 0 Å². The first-order chi connectivity index (χ1) is 11.1. The van der Waals surface area contributed by atoms with Gasteiger partial charge in [0.05, 0.1) is 11.9 Å². The summed E-state index contributed by atoms with van der Waals surface area (Å²) in [7, 11) is 0. The number of rotatable bonds is 3. The van der Waals surface area contributed by atoms with Crippen LogP contribution in [0.3, 0.4) is 0 Å². The molecule has 3 heterocycles. The van der Waals surface area contributed by atoms with E-state index in [1.54, 1.807) is 18.7 Å². The molecule has 1 saturated heterocycles. The number of anilines is 1. The van der Waals surface area contributed by atoms with E-state index >= 15 is 0 Å². The molecule has 1 amide bonds. The topological polar surface area (TPSA) is 83.9 Å². The molecule has 2 aromatic rings. The molecule has 7 heteroatoms. The van der Waals surface area contributed by atoms with Crippen LogP contribution in [-0.2, 0) is 0 Å². The molecule has 1 aliphatic rings. The fourth-order valence-electron chi connectivity index (χ4n) is 2.63. The van der Waals surface area contributed by atoms with Gasteiger partial charge in [-0.25, -0.2) is 15.0 Å². The van der Waals surface area contributed by atoms with E-state index in [0.29, 0.717) is 24.8 Å². The van der Waals surface area contributed by atoms with Gasteiger partial charge in [0.25, 0.3) is 5.91 Å². The van der Waals surface area contributed by atoms with Crippen LogP contribution in [0, 0.1) is 13.8 Å². The summed E-state index contributed by atoms with van der Waals surface area (Å²) in [6.07, 6.45) is 6.50. The van der Waals surface area contributed by atoms with Crippen LogP contribution in [0.4, 0.5) is 5.82 Å². The lowest BCUT2D eigenvalue weighted by Crippen LogP contribution is -2.42. The minimum absolute atomic E-state index is 0.0474. The van der Waals surface area contributed by atoms with Crippen molar-refractivity contribution < 1.29 is 4.79 Å². The zero-order valence-electron chi connectivity index (χ0n) is 13.4. The molecule has 1 aliphatic heterocycles. The van der Waals surface area contributed by atoms with E-state index in [-0.39, 0.29) is 5.91 Å². The smallest absolute Gasteiger partial charge is 0.274 e. The third-order valence-electron chi connectivity index (χ3n) is 3.94. The van der Waals surface area contributed by atoms with Crippen LogP contribution in [0.2, 0.25) is 0 Å². The molecule has 1 fully saturated rings. The quantitative estimate of drug-likeness (QED) is 0.927. The van der Waals surface area contributed by atoms with E-state index < -0.39 is 0 Å². The Labute approximate surface area is 135 Å². The SMILES string of the molecule is Cc1cnc(C(=O)N2CCC(Nc3cc(C)ncn3)CC2)cn1. The lowest BCUT2D eigenvalue weighted by atomic mass is 10.0. The van der Waals surface area contributed by atoms with Gasteiger partial charge in [-0.3, -0.25) is 9.78 Å². The van der Waals surface area contributed by atoms with Gasteiger partial charge in [0.15, 0.2) is 0 Å². The highest BCUT2D eigenvalue weighted by molar-refractivity contribution is 5.92. The number of hydrogen-bond acceptors (Lipinski definition) is 6. The van der Waals surface area contributed by atoms with E-state index in [9.17, 15) is 4.79 Å². The summed E-state index contributed by atoms with van der Waals surface area (Å²) in [5.74, 6) is 0.792. The monoisotopic (exact) mass is 312 g/mol. The van der Waals surface area contributed by atoms with Crippen LogP contribution < -0.4 is 5.32 Å². The molecule has 0 radical (unpaired) electrons. The number of nitrogens with one attached hydrogen (secondary N) is 1. The maximum Gasteiger partial charge on any atom is 0.274 e. The minimum atomic E-state index is -0.0474. The average molecular weight is 312 g/mol. The lowest BCUT2D eigenvalue weighted by molar-refractivity contribution is 0.0712. The Morgan fingerprint density at radius 2 is 1.87 bits per heavy atom. The Bertz CT molecular complexity index is 679. The Kier molecular flexibility index (Phi) is 4.45. The van der Waals surface area contributed by atoms with Gasteiger partial charge in [-0.1, -0.05) is 0 Å². The van der Waals surface area contributed by atoms with Crippen LogP contribution >= 0.6 is 0 Å². The van der Waals surface area contributed by atoms with E-state index in [0.717, 1.165) is 30.0 Å². The molecule has 23 heavy (non-hydrogen) atoms. The van der Waals surface area contributed by atoms with E-state index in [2.05, 4.69) is 25.3 Å². The minimum Gasteiger partial charge on any atom is -0.367 e. The molecular formula is C16H20N6O. The van der Waals surface area contributed by atoms with Crippen molar-refractivity contribution in [2.24, 2.45) is 0 Å². The number of nitrogens with zero attached hydrogens (tertiary/aromatic N) is 5. The molecule has 0 saturated carbocycles. The van der Waals surface area contributed by atoms with E-state index in [1.807, 2.05) is 24.8 Å². The van der Waals surface area contributed by atoms with Crippen molar-refractivity contribution in [3.63, 3.8) is 0 Å². The maximum atomic E-state index is 12.4. The van der Waals surface area contributed by atoms with Crippen molar-refractivity contribution >= 4 is 11.7 Å². The molecule has 0 aliphatic carbocycles. The number of carbonyl (C=O) groups is 1. The molecule has 1 N–H and O–H groups in total. The Balaban J connectivity index is 1.55. The lowest BCUT2D eigenvalue weighted by Gasteiger charge is -2.32. The third kappa shape index (κ3) is 3.80. The predicted molar refractivity (Wildman–Crippen MR) is 86.1 cm³/mol. The van der Waals surface area contributed by atoms with Crippen LogP contribution in [0.25, 0.3) is 0 Å². The predicted octanol–water partition coefficient (Wildman–Crippen LogP) is 1.60. The molecule has 3 rings (SSSR count). The number of aryl methyl sites for hydroxylation is 2. The number of aromatic nitrogens is 4. The van der Waals surface area contributed by atoms with Crippen molar-refractivity contribution in [3.8, 4) is 0 Å². The number of likely N-dealkylation sites (tertiary alicyclic amines) is 1. The first-order valence-electron chi connectivity index (χ1n) is 7.75. The number of carbonyl (C=O) groups excluding carboxylic acids is 1. The standard InChI is InChI=1S/C16H20N6O/c1-11-7-15(20-10-19-11)21-13-3-5-22(6-4-13)16(23)14-9-17-12(2)8-18-14/h7-10,13H,3-6H2,1-2H3,(H,19,20,21). The molecule has 0 aromatic carbocycles. The van der Waals surface area contributed by atoms with E-state index in [4.69, 9.17) is 0 Å². The summed E-state index contributed by atoms with van der Waals surface area (Å²) in [6.45, 7) is 5.20. The van der Waals surface area contributed by atoms with Crippen molar-refractivity contribution in [1.82, 2.24) is 24.8 Å². The summed E-state index contributed by atoms with van der Waals surface area (Å²) in [5, 5.41) is 3.41. The second-order valence-corrected chi connectivity index (χ2v) is 5.80. The number of piperidine rings is 1. The third-order valence-corrected chi connectivity index (χ3v) is 3.94. The highest BCUT2D eigenvalue weighted by Crippen LogP contribution is 2.16. The second-order valence-electron chi connectivity index (χ2n) is 5.80. The molecule has 120 valence electrons. The number of hydrogen-bond donors (Lipinski definition) is 1. The fraction of sp³-hybridized carbons (Fsp3) is 0.438. The highest BCUT2D eigenvalue weighted by Gasteiger charge is 2.24. The Hall–Kier alpha value is -2.57. The largest absolute Gasteiger partial charge is 0.367 e. The molecule has 0 bridgehead atoms. The van der Waals surface area contributed by atoms with Crippen LogP contribution in [0.5, 0.6) is 0 Å². The Morgan fingerprint density at radius 1 is 1.09 bits per heavy atom. The zero-order valence-corrected chi connectivity index (χ0v) is 13.4. The Morgan fingerprint density at radius 3 is 2.52 bits per heavy atom. The summed E-state index contributed by atoms with van der Waals surface area (Å²) in [4.78, 5) is 30.9. The summed E-state index contributed by atoms with van der Waals surface area (Å²) < 4.78 is 0. The van der Waals surface area contributed by atoms with Gasteiger partial charge >= 0.3 is 0 Å². The first-order valence-corrected chi connectivity index (χ1v) is 7.75. The zero-order chi connectivity index (χ0) is 16.2. The normalized spacial score (nSPS) is 15.5. The fourth-order valence-corrected chi connectivity index (χ4v) is 2.63. The highest BCUT2D eigenvalue weighted by atomic mass is 16.2. The molecule has 0 spiro atoms. The number of amides is 1. The summed E-state index contributed by atoms with van der Waals surface area (Å²) >= 11 is 0. The molecule has 2 aromatic heterocycles. The van der Waals surface area contributed by atoms with Gasteiger partial charge in [-0.05, 0) is 26.7 Å². The summed E-state index contributed by atoms with van der Waals surface area (Å²) in [6, 6.07) is 2.25. The van der Waals surface area contributed by atoms with Crippen molar-refractivity contribution in [3.05, 3.63) is 41.9 Å². The molecule has 0 unspecified atom stereocenters. The van der Waals surface area contributed by atoms with Gasteiger partial charge in [0, 0.05) is 37.1 Å². The van der Waals surface area contributed by atoms with Crippen LogP contribution in [0.15, 0.2) is 24.8 Å². The summed E-state index contributed by atoms with van der Waals surface area (Å²) in [5.41, 5.74) is 2.16. The second kappa shape index (κ2) is 6.68. The average Bonchev–Trinajstić information content (AvgIpc) is 2.56. The molecule has 7 nitrogen and oxygen atoms in total. The molecule has 0 atom stereocenters. The van der Waals surface area contributed by atoms with Crippen LogP contribution in [0.1, 0.15) is 34.7 Å². The van der Waals surface area contributed by atoms with Crippen molar-refractivity contribution in [1.29, 1.82) is 0 Å². The maximum absolute atomic E-state index is 12.4. The molecular weight excluding hydrogens is 292 g/mol. The van der Waals surface area contributed by atoms with Crippen molar-refractivity contribution in [2.45, 2.75) is 32.7 Å². The van der Waals surface area contributed by atoms with Gasteiger partial charge in [0.2, 0.25) is 0 Å². The van der Waals surface area contributed by atoms with Crippen LogP contribution in [-0.4, -0.2) is 49.9 Å².